The molecular weight excluding hydrogens is 458 g/mol. The minimum atomic E-state index is -0.205. The second-order valence-electron chi connectivity index (χ2n) is 7.40. The van der Waals surface area contributed by atoms with Crippen LogP contribution < -0.4 is 15.6 Å². The Morgan fingerprint density at radius 3 is 2.61 bits per heavy atom. The lowest BCUT2D eigenvalue weighted by molar-refractivity contribution is -0.113. The summed E-state index contributed by atoms with van der Waals surface area (Å²) in [5, 5.41) is 4.49. The predicted molar refractivity (Wildman–Crippen MR) is 134 cm³/mol. The zero-order valence-corrected chi connectivity index (χ0v) is 19.7. The van der Waals surface area contributed by atoms with Crippen molar-refractivity contribution < 1.29 is 9.53 Å². The number of ether oxygens (including phenoxy) is 1. The zero-order chi connectivity index (χ0) is 23.4. The summed E-state index contributed by atoms with van der Waals surface area (Å²) in [7, 11) is 1.61. The van der Waals surface area contributed by atoms with E-state index in [1.54, 1.807) is 42.0 Å². The number of hydrogen-bond acceptors (Lipinski definition) is 5. The van der Waals surface area contributed by atoms with Crippen LogP contribution in [-0.4, -0.2) is 28.3 Å². The summed E-state index contributed by atoms with van der Waals surface area (Å²) in [5.74, 6) is 0.633. The number of benzene rings is 3. The van der Waals surface area contributed by atoms with Gasteiger partial charge in [0.05, 0.1) is 30.3 Å². The van der Waals surface area contributed by atoms with E-state index >= 15 is 0 Å². The van der Waals surface area contributed by atoms with Crippen molar-refractivity contribution in [3.63, 3.8) is 0 Å². The fourth-order valence-corrected chi connectivity index (χ4v) is 4.34. The highest BCUT2D eigenvalue weighted by Gasteiger charge is 2.15. The number of carbonyl (C=O) groups is 1. The van der Waals surface area contributed by atoms with Crippen molar-refractivity contribution in [2.75, 3.05) is 18.2 Å². The number of halogens is 1. The van der Waals surface area contributed by atoms with Gasteiger partial charge in [0.2, 0.25) is 5.91 Å². The molecule has 0 radical (unpaired) electrons. The van der Waals surface area contributed by atoms with E-state index in [1.165, 1.54) is 11.8 Å². The Morgan fingerprint density at radius 1 is 1.09 bits per heavy atom. The van der Waals surface area contributed by atoms with E-state index in [1.807, 2.05) is 43.3 Å². The van der Waals surface area contributed by atoms with Crippen LogP contribution >= 0.6 is 23.4 Å². The van der Waals surface area contributed by atoms with E-state index in [2.05, 4.69) is 10.3 Å². The number of fused-ring (bicyclic) bond motifs is 1. The van der Waals surface area contributed by atoms with Gasteiger partial charge in [-0.05, 0) is 54.4 Å². The van der Waals surface area contributed by atoms with Crippen molar-refractivity contribution >= 4 is 45.9 Å². The molecule has 0 saturated heterocycles. The molecule has 0 aliphatic carbocycles. The molecule has 0 atom stereocenters. The first-order valence-electron chi connectivity index (χ1n) is 10.3. The number of methoxy groups -OCH3 is 1. The fraction of sp³-hybridized carbons (Fsp3) is 0.160. The lowest BCUT2D eigenvalue weighted by atomic mass is 10.2. The van der Waals surface area contributed by atoms with Crippen molar-refractivity contribution in [3.8, 4) is 5.75 Å². The molecule has 1 heterocycles. The zero-order valence-electron chi connectivity index (χ0n) is 18.2. The number of thioether (sulfide) groups is 1. The predicted octanol–water partition coefficient (Wildman–Crippen LogP) is 5.15. The van der Waals surface area contributed by atoms with Crippen LogP contribution in [0.3, 0.4) is 0 Å². The Balaban J connectivity index is 1.61. The molecule has 0 spiro atoms. The van der Waals surface area contributed by atoms with Crippen LogP contribution in [0.2, 0.25) is 5.02 Å². The molecule has 0 aliphatic rings. The van der Waals surface area contributed by atoms with Gasteiger partial charge in [-0.25, -0.2) is 4.98 Å². The summed E-state index contributed by atoms with van der Waals surface area (Å²) in [6, 6.07) is 20.1. The van der Waals surface area contributed by atoms with Gasteiger partial charge < -0.3 is 10.1 Å². The maximum Gasteiger partial charge on any atom is 0.262 e. The molecule has 0 unspecified atom stereocenters. The Hall–Kier alpha value is -3.29. The van der Waals surface area contributed by atoms with Crippen molar-refractivity contribution in [2.45, 2.75) is 18.6 Å². The van der Waals surface area contributed by atoms with E-state index in [0.717, 1.165) is 16.9 Å². The van der Waals surface area contributed by atoms with Crippen molar-refractivity contribution in [2.24, 2.45) is 0 Å². The normalized spacial score (nSPS) is 10.9. The SMILES string of the molecule is COc1ccc(Cn2c(SCC(=O)Nc3cccc(Cl)c3C)nc3ccccc3c2=O)cc1. The number of para-hydroxylation sites is 1. The number of rotatable bonds is 7. The molecule has 0 saturated carbocycles. The molecular formula is C25H22ClN3O3S. The molecule has 0 fully saturated rings. The maximum atomic E-state index is 13.3. The quantitative estimate of drug-likeness (QED) is 0.293. The van der Waals surface area contributed by atoms with Gasteiger partial charge >= 0.3 is 0 Å². The van der Waals surface area contributed by atoms with E-state index in [-0.39, 0.29) is 17.2 Å². The molecule has 4 rings (SSSR count). The molecule has 1 aromatic heterocycles. The molecule has 8 heteroatoms. The highest BCUT2D eigenvalue weighted by atomic mass is 35.5. The minimum Gasteiger partial charge on any atom is -0.497 e. The number of aromatic nitrogens is 2. The van der Waals surface area contributed by atoms with Crippen LogP contribution in [0, 0.1) is 6.92 Å². The highest BCUT2D eigenvalue weighted by Crippen LogP contribution is 2.24. The standard InChI is InChI=1S/C25H22ClN3O3S/c1-16-20(26)7-5-9-21(16)27-23(30)15-33-25-28-22-8-4-3-6-19(22)24(31)29(25)14-17-10-12-18(32-2)13-11-17/h3-13H,14-15H2,1-2H3,(H,27,30). The smallest absolute Gasteiger partial charge is 0.262 e. The maximum absolute atomic E-state index is 13.3. The Kier molecular flexibility index (Phi) is 7.01. The summed E-state index contributed by atoms with van der Waals surface area (Å²) in [4.78, 5) is 30.6. The van der Waals surface area contributed by atoms with E-state index < -0.39 is 0 Å². The average Bonchev–Trinajstić information content (AvgIpc) is 2.83. The van der Waals surface area contributed by atoms with E-state index in [4.69, 9.17) is 16.3 Å². The lowest BCUT2D eigenvalue weighted by Crippen LogP contribution is -2.25. The average molecular weight is 480 g/mol. The summed E-state index contributed by atoms with van der Waals surface area (Å²) >= 11 is 7.37. The third kappa shape index (κ3) is 5.21. The van der Waals surface area contributed by atoms with Gasteiger partial charge in [0.1, 0.15) is 5.75 Å². The number of hydrogen-bond donors (Lipinski definition) is 1. The van der Waals surface area contributed by atoms with Crippen LogP contribution in [0.1, 0.15) is 11.1 Å². The van der Waals surface area contributed by atoms with Gasteiger partial charge in [-0.3, -0.25) is 14.2 Å². The third-order valence-electron chi connectivity index (χ3n) is 5.20. The molecule has 1 N–H and O–H groups in total. The van der Waals surface area contributed by atoms with Gasteiger partial charge in [-0.15, -0.1) is 0 Å². The number of nitrogens with one attached hydrogen (secondary N) is 1. The molecule has 1 amide bonds. The first-order valence-corrected chi connectivity index (χ1v) is 11.6. The van der Waals surface area contributed by atoms with Gasteiger partial charge in [-0.2, -0.15) is 0 Å². The largest absolute Gasteiger partial charge is 0.497 e. The van der Waals surface area contributed by atoms with Crippen LogP contribution in [0.5, 0.6) is 5.75 Å². The first kappa shape index (κ1) is 22.9. The van der Waals surface area contributed by atoms with Crippen LogP contribution in [-0.2, 0) is 11.3 Å². The van der Waals surface area contributed by atoms with Crippen molar-refractivity contribution in [1.82, 2.24) is 9.55 Å². The third-order valence-corrected chi connectivity index (χ3v) is 6.59. The number of carbonyl (C=O) groups excluding carboxylic acids is 1. The molecule has 168 valence electrons. The summed E-state index contributed by atoms with van der Waals surface area (Å²) in [6.45, 7) is 2.18. The topological polar surface area (TPSA) is 73.2 Å². The van der Waals surface area contributed by atoms with E-state index in [9.17, 15) is 9.59 Å². The monoisotopic (exact) mass is 479 g/mol. The Morgan fingerprint density at radius 2 is 1.85 bits per heavy atom. The molecule has 6 nitrogen and oxygen atoms in total. The van der Waals surface area contributed by atoms with Crippen molar-refractivity contribution in [1.29, 1.82) is 0 Å². The molecule has 0 bridgehead atoms. The Bertz CT molecular complexity index is 1370. The van der Waals surface area contributed by atoms with E-state index in [0.29, 0.717) is 33.3 Å². The van der Waals surface area contributed by atoms with Crippen LogP contribution in [0.25, 0.3) is 10.9 Å². The number of anilines is 1. The van der Waals surface area contributed by atoms with Crippen LogP contribution in [0.4, 0.5) is 5.69 Å². The number of nitrogens with zero attached hydrogens (tertiary/aromatic N) is 2. The second-order valence-corrected chi connectivity index (χ2v) is 8.75. The molecule has 4 aromatic rings. The van der Waals surface area contributed by atoms with Gasteiger partial charge in [0, 0.05) is 10.7 Å². The first-order chi connectivity index (χ1) is 16.0. The highest BCUT2D eigenvalue weighted by molar-refractivity contribution is 7.99. The summed E-state index contributed by atoms with van der Waals surface area (Å²) in [6.07, 6.45) is 0. The summed E-state index contributed by atoms with van der Waals surface area (Å²) in [5.41, 5.74) is 2.84. The van der Waals surface area contributed by atoms with Crippen molar-refractivity contribution in [3.05, 3.63) is 93.2 Å². The van der Waals surface area contributed by atoms with Gasteiger partial charge in [0.25, 0.3) is 5.56 Å². The fourth-order valence-electron chi connectivity index (χ4n) is 3.37. The lowest BCUT2D eigenvalue weighted by Gasteiger charge is -2.14. The molecule has 0 aliphatic heterocycles. The number of amides is 1. The molecule has 33 heavy (non-hydrogen) atoms. The minimum absolute atomic E-state index is 0.0966. The second kappa shape index (κ2) is 10.1. The summed E-state index contributed by atoms with van der Waals surface area (Å²) < 4.78 is 6.82. The van der Waals surface area contributed by atoms with Gasteiger partial charge in [-0.1, -0.05) is 53.7 Å². The Labute approximate surface area is 200 Å². The van der Waals surface area contributed by atoms with Gasteiger partial charge in [0.15, 0.2) is 5.16 Å². The molecule has 3 aromatic carbocycles. The van der Waals surface area contributed by atoms with Crippen LogP contribution in [0.15, 0.2) is 76.7 Å².